The first-order chi connectivity index (χ1) is 10.5. The Morgan fingerprint density at radius 1 is 1.14 bits per heavy atom. The number of amides is 2. The smallest absolute Gasteiger partial charge is 0.255 e. The van der Waals surface area contributed by atoms with E-state index in [0.29, 0.717) is 27.5 Å². The average molecular weight is 314 g/mol. The van der Waals surface area contributed by atoms with Gasteiger partial charge in [0.15, 0.2) is 0 Å². The van der Waals surface area contributed by atoms with Gasteiger partial charge in [-0.05, 0) is 36.4 Å². The molecule has 0 saturated heterocycles. The van der Waals surface area contributed by atoms with Crippen molar-refractivity contribution in [3.63, 3.8) is 0 Å². The van der Waals surface area contributed by atoms with Gasteiger partial charge in [0.1, 0.15) is 0 Å². The molecule has 0 bridgehead atoms. The van der Waals surface area contributed by atoms with Gasteiger partial charge in [-0.3, -0.25) is 9.59 Å². The van der Waals surface area contributed by atoms with Crippen LogP contribution in [0.25, 0.3) is 0 Å². The molecule has 2 rings (SSSR count). The normalized spacial score (nSPS) is 9.68. The predicted octanol–water partition coefficient (Wildman–Crippen LogP) is 3.42. The van der Waals surface area contributed by atoms with E-state index >= 15 is 0 Å². The molecule has 2 amide bonds. The monoisotopic (exact) mass is 313 g/mol. The van der Waals surface area contributed by atoms with Crippen LogP contribution in [-0.2, 0) is 4.79 Å². The van der Waals surface area contributed by atoms with E-state index in [-0.39, 0.29) is 11.8 Å². The summed E-state index contributed by atoms with van der Waals surface area (Å²) in [6.45, 7) is 1.37. The second-order valence-corrected chi connectivity index (χ2v) is 4.93. The summed E-state index contributed by atoms with van der Waals surface area (Å²) in [5.41, 5.74) is 1.68. The Bertz CT molecular complexity index is 781. The van der Waals surface area contributed by atoms with E-state index in [2.05, 4.69) is 10.6 Å². The minimum absolute atomic E-state index is 0.257. The molecule has 5 nitrogen and oxygen atoms in total. The van der Waals surface area contributed by atoms with E-state index in [4.69, 9.17) is 16.9 Å². The minimum atomic E-state index is -0.354. The Kier molecular flexibility index (Phi) is 4.77. The molecule has 110 valence electrons. The van der Waals surface area contributed by atoms with Gasteiger partial charge < -0.3 is 10.6 Å². The molecule has 0 aliphatic carbocycles. The van der Waals surface area contributed by atoms with E-state index in [1.807, 2.05) is 6.07 Å². The molecule has 0 atom stereocenters. The number of hydrogen-bond donors (Lipinski definition) is 2. The van der Waals surface area contributed by atoms with Crippen molar-refractivity contribution < 1.29 is 9.59 Å². The van der Waals surface area contributed by atoms with E-state index in [1.54, 1.807) is 36.4 Å². The number of hydrogen-bond acceptors (Lipinski definition) is 3. The molecular weight excluding hydrogens is 302 g/mol. The summed E-state index contributed by atoms with van der Waals surface area (Å²) >= 11 is 5.97. The van der Waals surface area contributed by atoms with Crippen LogP contribution in [0.1, 0.15) is 22.8 Å². The lowest BCUT2D eigenvalue weighted by Crippen LogP contribution is -2.13. The van der Waals surface area contributed by atoms with Gasteiger partial charge in [0.05, 0.1) is 22.3 Å². The highest BCUT2D eigenvalue weighted by molar-refractivity contribution is 6.33. The zero-order valence-corrected chi connectivity index (χ0v) is 12.4. The first kappa shape index (κ1) is 15.5. The summed E-state index contributed by atoms with van der Waals surface area (Å²) in [5, 5.41) is 14.5. The van der Waals surface area contributed by atoms with Crippen LogP contribution in [0.5, 0.6) is 0 Å². The topological polar surface area (TPSA) is 82.0 Å². The number of nitriles is 1. The fourth-order valence-corrected chi connectivity index (χ4v) is 1.99. The van der Waals surface area contributed by atoms with Crippen molar-refractivity contribution in [2.24, 2.45) is 0 Å². The molecule has 0 aromatic heterocycles. The van der Waals surface area contributed by atoms with Gasteiger partial charge >= 0.3 is 0 Å². The molecule has 0 aliphatic heterocycles. The van der Waals surface area contributed by atoms with Crippen molar-refractivity contribution in [3.8, 4) is 6.07 Å². The largest absolute Gasteiger partial charge is 0.325 e. The number of rotatable bonds is 3. The van der Waals surface area contributed by atoms with Crippen molar-refractivity contribution in [2.45, 2.75) is 6.92 Å². The number of carbonyl (C=O) groups excluding carboxylic acids is 2. The van der Waals surface area contributed by atoms with Crippen LogP contribution in [0.2, 0.25) is 5.02 Å². The summed E-state index contributed by atoms with van der Waals surface area (Å²) in [7, 11) is 0. The van der Waals surface area contributed by atoms with Gasteiger partial charge in [-0.15, -0.1) is 0 Å². The average Bonchev–Trinajstić information content (AvgIpc) is 2.50. The molecular formula is C16H12ClN3O2. The third kappa shape index (κ3) is 3.84. The highest BCUT2D eigenvalue weighted by Crippen LogP contribution is 2.25. The van der Waals surface area contributed by atoms with Crippen LogP contribution in [0.15, 0.2) is 42.5 Å². The van der Waals surface area contributed by atoms with Crippen molar-refractivity contribution in [1.82, 2.24) is 0 Å². The molecule has 22 heavy (non-hydrogen) atoms. The van der Waals surface area contributed by atoms with Crippen LogP contribution in [0.3, 0.4) is 0 Å². The quantitative estimate of drug-likeness (QED) is 0.910. The summed E-state index contributed by atoms with van der Waals surface area (Å²) < 4.78 is 0. The molecule has 0 fully saturated rings. The fraction of sp³-hybridized carbons (Fsp3) is 0.0625. The molecule has 0 heterocycles. The number of benzene rings is 2. The number of nitrogens with one attached hydrogen (secondary N) is 2. The van der Waals surface area contributed by atoms with Crippen LogP contribution >= 0.6 is 11.6 Å². The van der Waals surface area contributed by atoms with E-state index in [9.17, 15) is 9.59 Å². The summed E-state index contributed by atoms with van der Waals surface area (Å²) in [6.07, 6.45) is 0. The van der Waals surface area contributed by atoms with Crippen LogP contribution in [0.4, 0.5) is 11.4 Å². The summed E-state index contributed by atoms with van der Waals surface area (Å²) in [4.78, 5) is 23.3. The van der Waals surface area contributed by atoms with Crippen molar-refractivity contribution >= 4 is 34.8 Å². The summed E-state index contributed by atoms with van der Waals surface area (Å²) in [6, 6.07) is 13.1. The lowest BCUT2D eigenvalue weighted by Gasteiger charge is -2.09. The molecule has 2 aromatic carbocycles. The van der Waals surface area contributed by atoms with Crippen molar-refractivity contribution in [3.05, 3.63) is 58.6 Å². The third-order valence-electron chi connectivity index (χ3n) is 2.79. The molecule has 2 aromatic rings. The molecule has 6 heteroatoms. The van der Waals surface area contributed by atoms with Gasteiger partial charge in [0, 0.05) is 18.2 Å². The number of anilines is 2. The maximum Gasteiger partial charge on any atom is 0.255 e. The minimum Gasteiger partial charge on any atom is -0.325 e. The Morgan fingerprint density at radius 3 is 2.59 bits per heavy atom. The molecule has 0 saturated carbocycles. The Balaban J connectivity index is 2.21. The summed E-state index contributed by atoms with van der Waals surface area (Å²) in [5.74, 6) is -0.611. The highest BCUT2D eigenvalue weighted by atomic mass is 35.5. The zero-order chi connectivity index (χ0) is 16.1. The number of nitrogens with zero attached hydrogens (tertiary/aromatic N) is 1. The SMILES string of the molecule is CC(=O)Nc1cc(NC(=O)c2cccc(C#N)c2)ccc1Cl. The van der Waals surface area contributed by atoms with Crippen LogP contribution in [0, 0.1) is 11.3 Å². The predicted molar refractivity (Wildman–Crippen MR) is 84.9 cm³/mol. The number of carbonyl (C=O) groups is 2. The van der Waals surface area contributed by atoms with Gasteiger partial charge in [-0.25, -0.2) is 0 Å². The maximum absolute atomic E-state index is 12.2. The Labute approximate surface area is 132 Å². The molecule has 0 radical (unpaired) electrons. The third-order valence-corrected chi connectivity index (χ3v) is 3.12. The van der Waals surface area contributed by atoms with Gasteiger partial charge in [-0.1, -0.05) is 17.7 Å². The second-order valence-electron chi connectivity index (χ2n) is 4.52. The second kappa shape index (κ2) is 6.74. The zero-order valence-electron chi connectivity index (χ0n) is 11.7. The van der Waals surface area contributed by atoms with Crippen LogP contribution in [-0.4, -0.2) is 11.8 Å². The Hall–Kier alpha value is -2.84. The van der Waals surface area contributed by atoms with E-state index in [0.717, 1.165) is 0 Å². The maximum atomic E-state index is 12.2. The lowest BCUT2D eigenvalue weighted by molar-refractivity contribution is -0.114. The van der Waals surface area contributed by atoms with Crippen LogP contribution < -0.4 is 10.6 Å². The fourth-order valence-electron chi connectivity index (χ4n) is 1.82. The lowest BCUT2D eigenvalue weighted by atomic mass is 10.1. The molecule has 2 N–H and O–H groups in total. The van der Waals surface area contributed by atoms with Gasteiger partial charge in [0.25, 0.3) is 5.91 Å². The first-order valence-electron chi connectivity index (χ1n) is 6.38. The van der Waals surface area contributed by atoms with Crippen molar-refractivity contribution in [1.29, 1.82) is 5.26 Å². The van der Waals surface area contributed by atoms with Crippen molar-refractivity contribution in [2.75, 3.05) is 10.6 Å². The first-order valence-corrected chi connectivity index (χ1v) is 6.76. The highest BCUT2D eigenvalue weighted by Gasteiger charge is 2.09. The molecule has 0 spiro atoms. The van der Waals surface area contributed by atoms with E-state index < -0.39 is 0 Å². The molecule has 0 unspecified atom stereocenters. The molecule has 0 aliphatic rings. The van der Waals surface area contributed by atoms with E-state index in [1.165, 1.54) is 13.0 Å². The Morgan fingerprint density at radius 2 is 1.91 bits per heavy atom. The van der Waals surface area contributed by atoms with Gasteiger partial charge in [-0.2, -0.15) is 5.26 Å². The standard InChI is InChI=1S/C16H12ClN3O2/c1-10(21)19-15-8-13(5-6-14(15)17)20-16(22)12-4-2-3-11(7-12)9-18/h2-8H,1H3,(H,19,21)(H,20,22). The van der Waals surface area contributed by atoms with Gasteiger partial charge in [0.2, 0.25) is 5.91 Å². The number of halogens is 1.